The summed E-state index contributed by atoms with van der Waals surface area (Å²) in [5.74, 6) is 0.786. The Balaban J connectivity index is 1.45. The van der Waals surface area contributed by atoms with Crippen LogP contribution in [0, 0.1) is 5.92 Å². The van der Waals surface area contributed by atoms with Crippen LogP contribution < -0.4 is 10.1 Å². The van der Waals surface area contributed by atoms with Crippen molar-refractivity contribution in [3.63, 3.8) is 0 Å². The highest BCUT2D eigenvalue weighted by Crippen LogP contribution is 2.32. The summed E-state index contributed by atoms with van der Waals surface area (Å²) < 4.78 is 26.1. The first-order valence-corrected chi connectivity index (χ1v) is 10.7. The van der Waals surface area contributed by atoms with E-state index in [1.165, 1.54) is 7.11 Å². The molecule has 0 bridgehead atoms. The van der Waals surface area contributed by atoms with Crippen molar-refractivity contribution < 1.29 is 18.7 Å². The lowest BCUT2D eigenvalue weighted by Gasteiger charge is -2.41. The smallest absolute Gasteiger partial charge is 0.251 e. The molecule has 1 aromatic carbocycles. The summed E-state index contributed by atoms with van der Waals surface area (Å²) in [6.45, 7) is 7.55. The number of hydrogen-bond acceptors (Lipinski definition) is 4. The van der Waals surface area contributed by atoms with Crippen molar-refractivity contribution in [1.29, 1.82) is 0 Å². The van der Waals surface area contributed by atoms with Crippen molar-refractivity contribution in [2.45, 2.75) is 50.8 Å². The molecule has 1 N–H and O–H groups in total. The number of carbonyl (C=O) groups excluding carboxylic acids is 1. The lowest BCUT2D eigenvalue weighted by Crippen LogP contribution is -2.49. The third-order valence-electron chi connectivity index (χ3n) is 6.05. The van der Waals surface area contributed by atoms with E-state index in [1.807, 2.05) is 0 Å². The van der Waals surface area contributed by atoms with Crippen LogP contribution in [0.3, 0.4) is 0 Å². The van der Waals surface area contributed by atoms with Crippen LogP contribution in [0.15, 0.2) is 18.2 Å². The fourth-order valence-electron chi connectivity index (χ4n) is 4.34. The molecule has 2 heterocycles. The molecule has 0 aliphatic carbocycles. The van der Waals surface area contributed by atoms with Crippen molar-refractivity contribution >= 4 is 17.5 Å². The largest absolute Gasteiger partial charge is 0.495 e. The number of ether oxygens (including phenoxy) is 2. The van der Waals surface area contributed by atoms with Gasteiger partial charge in [0.25, 0.3) is 5.91 Å². The van der Waals surface area contributed by atoms with E-state index in [4.69, 9.17) is 21.1 Å². The van der Waals surface area contributed by atoms with E-state index in [1.54, 1.807) is 18.2 Å². The molecule has 0 spiro atoms. The van der Waals surface area contributed by atoms with Crippen LogP contribution in [-0.4, -0.2) is 62.0 Å². The molecule has 5 nitrogen and oxygen atoms in total. The van der Waals surface area contributed by atoms with Crippen LogP contribution >= 0.6 is 11.6 Å². The Morgan fingerprint density at radius 2 is 2.10 bits per heavy atom. The van der Waals surface area contributed by atoms with Gasteiger partial charge in [-0.25, -0.2) is 4.39 Å². The third-order valence-corrected chi connectivity index (χ3v) is 6.34. The summed E-state index contributed by atoms with van der Waals surface area (Å²) in [6, 6.07) is 4.81. The molecule has 1 amide bonds. The van der Waals surface area contributed by atoms with Crippen LogP contribution in [0.2, 0.25) is 5.02 Å². The topological polar surface area (TPSA) is 50.8 Å². The van der Waals surface area contributed by atoms with Crippen LogP contribution in [0.4, 0.5) is 4.39 Å². The van der Waals surface area contributed by atoms with E-state index in [-0.39, 0.29) is 18.1 Å². The van der Waals surface area contributed by atoms with Crippen molar-refractivity contribution in [2.24, 2.45) is 5.92 Å². The molecular formula is C22H32ClFN2O3. The number of nitrogens with zero attached hydrogens (tertiary/aromatic N) is 1. The monoisotopic (exact) mass is 426 g/mol. The highest BCUT2D eigenvalue weighted by atomic mass is 35.5. The summed E-state index contributed by atoms with van der Waals surface area (Å²) in [4.78, 5) is 14.7. The first-order chi connectivity index (χ1) is 13.7. The molecule has 1 unspecified atom stereocenters. The number of nitrogens with one attached hydrogen (secondary N) is 1. The first kappa shape index (κ1) is 22.3. The van der Waals surface area contributed by atoms with Crippen molar-refractivity contribution in [3.05, 3.63) is 28.8 Å². The van der Waals surface area contributed by atoms with Gasteiger partial charge in [0.05, 0.1) is 24.3 Å². The maximum atomic E-state index is 15.2. The average molecular weight is 427 g/mol. The number of alkyl halides is 1. The summed E-state index contributed by atoms with van der Waals surface area (Å²) in [5.41, 5.74) is -1.02. The Labute approximate surface area is 177 Å². The molecular weight excluding hydrogens is 395 g/mol. The van der Waals surface area contributed by atoms with E-state index >= 15 is 4.39 Å². The van der Waals surface area contributed by atoms with E-state index in [9.17, 15) is 4.79 Å². The van der Waals surface area contributed by atoms with Crippen LogP contribution in [0.25, 0.3) is 0 Å². The van der Waals surface area contributed by atoms with Gasteiger partial charge in [-0.15, -0.1) is 0 Å². The minimum Gasteiger partial charge on any atom is -0.495 e. The number of carbonyl (C=O) groups is 1. The van der Waals surface area contributed by atoms with Gasteiger partial charge < -0.3 is 19.7 Å². The fourth-order valence-corrected chi connectivity index (χ4v) is 4.60. The molecule has 7 heteroatoms. The molecule has 2 aliphatic rings. The summed E-state index contributed by atoms with van der Waals surface area (Å²) in [5, 5.41) is 3.09. The number of benzene rings is 1. The number of amides is 1. The molecule has 2 saturated heterocycles. The number of hydrogen-bond donors (Lipinski definition) is 1. The lowest BCUT2D eigenvalue weighted by atomic mass is 9.86. The predicted molar refractivity (Wildman–Crippen MR) is 113 cm³/mol. The summed E-state index contributed by atoms with van der Waals surface area (Å²) >= 11 is 6.07. The van der Waals surface area contributed by atoms with Gasteiger partial charge in [-0.2, -0.15) is 0 Å². The highest BCUT2D eigenvalue weighted by molar-refractivity contribution is 6.32. The highest BCUT2D eigenvalue weighted by Gasteiger charge is 2.36. The average Bonchev–Trinajstić information content (AvgIpc) is 2.67. The number of halogens is 2. The standard InChI is InChI=1S/C22H32ClFN2O3/c1-21(2)13-16(6-11-29-21)14-26-9-7-22(24,8-10-26)15-25-20(27)17-4-5-19(28-3)18(23)12-17/h4-5,12,16H,6-11,13-15H2,1-3H3,(H,25,27). The second-order valence-corrected chi connectivity index (χ2v) is 9.36. The van der Waals surface area contributed by atoms with E-state index < -0.39 is 5.67 Å². The third kappa shape index (κ3) is 6.06. The lowest BCUT2D eigenvalue weighted by molar-refractivity contribution is -0.0791. The molecule has 0 radical (unpaired) electrons. The molecule has 0 saturated carbocycles. The molecule has 2 fully saturated rings. The van der Waals surface area contributed by atoms with Gasteiger partial charge >= 0.3 is 0 Å². The maximum absolute atomic E-state index is 15.2. The Bertz CT molecular complexity index is 720. The van der Waals surface area contributed by atoms with E-state index in [0.717, 1.165) is 39.1 Å². The van der Waals surface area contributed by atoms with E-state index in [2.05, 4.69) is 24.1 Å². The Kier molecular flexibility index (Phi) is 7.07. The number of methoxy groups -OCH3 is 1. The second kappa shape index (κ2) is 9.19. The summed E-state index contributed by atoms with van der Waals surface area (Å²) in [6.07, 6.45) is 2.98. The predicted octanol–water partition coefficient (Wildman–Crippen LogP) is 4.09. The number of likely N-dealkylation sites (tertiary alicyclic amines) is 1. The van der Waals surface area contributed by atoms with Crippen LogP contribution in [-0.2, 0) is 4.74 Å². The zero-order valence-electron chi connectivity index (χ0n) is 17.6. The molecule has 162 valence electrons. The van der Waals surface area contributed by atoms with Gasteiger partial charge in [0.2, 0.25) is 0 Å². The maximum Gasteiger partial charge on any atom is 0.251 e. The number of piperidine rings is 1. The Morgan fingerprint density at radius 3 is 2.72 bits per heavy atom. The SMILES string of the molecule is COc1ccc(C(=O)NCC2(F)CCN(CC3CCOC(C)(C)C3)CC2)cc1Cl. The zero-order valence-corrected chi connectivity index (χ0v) is 18.4. The minimum absolute atomic E-state index is 0.0214. The van der Waals surface area contributed by atoms with E-state index in [0.29, 0.717) is 35.1 Å². The van der Waals surface area contributed by atoms with Crippen LogP contribution in [0.5, 0.6) is 5.75 Å². The molecule has 29 heavy (non-hydrogen) atoms. The summed E-state index contributed by atoms with van der Waals surface area (Å²) in [7, 11) is 1.52. The second-order valence-electron chi connectivity index (χ2n) is 8.95. The van der Waals surface area contributed by atoms with Crippen LogP contribution in [0.1, 0.15) is 49.9 Å². The fraction of sp³-hybridized carbons (Fsp3) is 0.682. The molecule has 1 atom stereocenters. The van der Waals surface area contributed by atoms with Gasteiger partial charge in [0.15, 0.2) is 0 Å². The quantitative estimate of drug-likeness (QED) is 0.744. The van der Waals surface area contributed by atoms with Gasteiger partial charge in [0.1, 0.15) is 11.4 Å². The molecule has 2 aliphatic heterocycles. The Morgan fingerprint density at radius 1 is 1.38 bits per heavy atom. The Hall–Kier alpha value is -1.37. The zero-order chi connectivity index (χ0) is 21.1. The number of rotatable bonds is 6. The van der Waals surface area contributed by atoms with Gasteiger partial charge in [-0.1, -0.05) is 11.6 Å². The van der Waals surface area contributed by atoms with Crippen molar-refractivity contribution in [3.8, 4) is 5.75 Å². The minimum atomic E-state index is -1.36. The molecule has 1 aromatic rings. The van der Waals surface area contributed by atoms with Gasteiger partial charge in [0, 0.05) is 31.8 Å². The molecule has 0 aromatic heterocycles. The van der Waals surface area contributed by atoms with Gasteiger partial charge in [-0.3, -0.25) is 4.79 Å². The molecule has 3 rings (SSSR count). The van der Waals surface area contributed by atoms with Gasteiger partial charge in [-0.05, 0) is 63.6 Å². The van der Waals surface area contributed by atoms with Crippen molar-refractivity contribution in [2.75, 3.05) is 39.9 Å². The normalized spacial score (nSPS) is 24.1. The van der Waals surface area contributed by atoms with Crippen molar-refractivity contribution in [1.82, 2.24) is 10.2 Å². The first-order valence-electron chi connectivity index (χ1n) is 10.4.